The van der Waals surface area contributed by atoms with Crippen molar-refractivity contribution in [2.45, 2.75) is 51.6 Å². The average molecular weight is 316 g/mol. The molecule has 2 aliphatic rings. The van der Waals surface area contributed by atoms with Crippen LogP contribution < -0.4 is 0 Å². The molecule has 1 fully saturated rings. The Balaban J connectivity index is 2.46. The summed E-state index contributed by atoms with van der Waals surface area (Å²) in [4.78, 5) is 11.2. The Bertz CT molecular complexity index is 490. The molecule has 8 heteroatoms. The van der Waals surface area contributed by atoms with E-state index in [0.29, 0.717) is 0 Å². The standard InChI is InChI=1S/C13H14F6O2/c1-3-8(20)21-7-5-11(2)4-6(7)9(12(14,15)16)10(11)13(17,18)19/h6-7H,3-5H2,1-2H3. The second-order valence-corrected chi connectivity index (χ2v) is 5.74. The van der Waals surface area contributed by atoms with Gasteiger partial charge in [0.25, 0.3) is 0 Å². The highest BCUT2D eigenvalue weighted by Crippen LogP contribution is 2.64. The molecule has 2 nitrogen and oxygen atoms in total. The summed E-state index contributed by atoms with van der Waals surface area (Å²) in [6, 6.07) is 0. The van der Waals surface area contributed by atoms with Crippen molar-refractivity contribution in [2.24, 2.45) is 11.3 Å². The smallest absolute Gasteiger partial charge is 0.413 e. The molecule has 0 aromatic rings. The summed E-state index contributed by atoms with van der Waals surface area (Å²) in [7, 11) is 0. The molecule has 0 heterocycles. The predicted molar refractivity (Wildman–Crippen MR) is 60.1 cm³/mol. The summed E-state index contributed by atoms with van der Waals surface area (Å²) in [5.41, 5.74) is -4.72. The fraction of sp³-hybridized carbons (Fsp3) is 0.769. The van der Waals surface area contributed by atoms with E-state index in [4.69, 9.17) is 4.74 Å². The van der Waals surface area contributed by atoms with Gasteiger partial charge in [0.1, 0.15) is 6.10 Å². The molecular formula is C13H14F6O2. The molecule has 1 saturated carbocycles. The molecule has 3 atom stereocenters. The Morgan fingerprint density at radius 1 is 1.19 bits per heavy atom. The van der Waals surface area contributed by atoms with Gasteiger partial charge in [0.2, 0.25) is 0 Å². The van der Waals surface area contributed by atoms with Gasteiger partial charge in [-0.1, -0.05) is 13.8 Å². The largest absolute Gasteiger partial charge is 0.462 e. The molecule has 0 saturated heterocycles. The van der Waals surface area contributed by atoms with Crippen LogP contribution in [-0.4, -0.2) is 24.4 Å². The molecule has 120 valence electrons. The number of carbonyl (C=O) groups is 1. The lowest BCUT2D eigenvalue weighted by Gasteiger charge is -2.33. The van der Waals surface area contributed by atoms with Gasteiger partial charge in [0.05, 0.1) is 0 Å². The highest BCUT2D eigenvalue weighted by atomic mass is 19.4. The maximum atomic E-state index is 13.1. The van der Waals surface area contributed by atoms with Crippen molar-refractivity contribution in [1.29, 1.82) is 0 Å². The Kier molecular flexibility index (Phi) is 3.57. The number of halogens is 6. The molecule has 0 spiro atoms. The van der Waals surface area contributed by atoms with Gasteiger partial charge in [-0.25, -0.2) is 0 Å². The van der Waals surface area contributed by atoms with Crippen molar-refractivity contribution in [2.75, 3.05) is 0 Å². The molecule has 0 amide bonds. The number of hydrogen-bond donors (Lipinski definition) is 0. The normalized spacial score (nSPS) is 32.8. The molecule has 0 aliphatic heterocycles. The van der Waals surface area contributed by atoms with Crippen LogP contribution in [0.1, 0.15) is 33.1 Å². The number of hydrogen-bond acceptors (Lipinski definition) is 2. The molecule has 2 bridgehead atoms. The van der Waals surface area contributed by atoms with E-state index in [0.717, 1.165) is 6.92 Å². The molecule has 2 aliphatic carbocycles. The monoisotopic (exact) mass is 316 g/mol. The van der Waals surface area contributed by atoms with Gasteiger partial charge in [-0.15, -0.1) is 0 Å². The van der Waals surface area contributed by atoms with Crippen molar-refractivity contribution in [3.8, 4) is 0 Å². The minimum Gasteiger partial charge on any atom is -0.462 e. The molecule has 0 aromatic carbocycles. The lowest BCUT2D eigenvalue weighted by atomic mass is 9.79. The number of rotatable bonds is 2. The number of carbonyl (C=O) groups excluding carboxylic acids is 1. The summed E-state index contributed by atoms with van der Waals surface area (Å²) < 4.78 is 83.2. The van der Waals surface area contributed by atoms with Crippen molar-refractivity contribution in [3.63, 3.8) is 0 Å². The first-order valence-electron chi connectivity index (χ1n) is 6.48. The van der Waals surface area contributed by atoms with E-state index >= 15 is 0 Å². The highest BCUT2D eigenvalue weighted by molar-refractivity contribution is 5.69. The zero-order valence-electron chi connectivity index (χ0n) is 11.4. The van der Waals surface area contributed by atoms with Crippen LogP contribution in [0.5, 0.6) is 0 Å². The summed E-state index contributed by atoms with van der Waals surface area (Å²) in [6.45, 7) is 2.63. The molecule has 0 N–H and O–H groups in total. The minimum absolute atomic E-state index is 0.0306. The number of alkyl halides is 6. The van der Waals surface area contributed by atoms with Gasteiger partial charge in [-0.2, -0.15) is 26.3 Å². The van der Waals surface area contributed by atoms with Crippen LogP contribution in [0, 0.1) is 11.3 Å². The molecule has 0 aromatic heterocycles. The van der Waals surface area contributed by atoms with Crippen molar-refractivity contribution in [3.05, 3.63) is 11.1 Å². The Labute approximate surface area is 117 Å². The fourth-order valence-corrected chi connectivity index (χ4v) is 3.51. The Morgan fingerprint density at radius 2 is 1.76 bits per heavy atom. The molecule has 21 heavy (non-hydrogen) atoms. The first kappa shape index (κ1) is 16.2. The van der Waals surface area contributed by atoms with Crippen LogP contribution in [0.25, 0.3) is 0 Å². The van der Waals surface area contributed by atoms with Crippen LogP contribution in [0.3, 0.4) is 0 Å². The maximum absolute atomic E-state index is 13.1. The van der Waals surface area contributed by atoms with Gasteiger partial charge >= 0.3 is 18.3 Å². The fourth-order valence-electron chi connectivity index (χ4n) is 3.51. The van der Waals surface area contributed by atoms with Crippen LogP contribution in [0.15, 0.2) is 11.1 Å². The third-order valence-corrected chi connectivity index (χ3v) is 4.17. The molecule has 0 radical (unpaired) electrons. The topological polar surface area (TPSA) is 26.3 Å². The van der Waals surface area contributed by atoms with Gasteiger partial charge < -0.3 is 4.74 Å². The van der Waals surface area contributed by atoms with E-state index in [1.807, 2.05) is 0 Å². The Hall–Kier alpha value is -1.21. The van der Waals surface area contributed by atoms with Gasteiger partial charge in [0, 0.05) is 28.9 Å². The lowest BCUT2D eigenvalue weighted by molar-refractivity contribution is -0.155. The summed E-state index contributed by atoms with van der Waals surface area (Å²) in [5.74, 6) is -2.13. The first-order valence-corrected chi connectivity index (χ1v) is 6.48. The van der Waals surface area contributed by atoms with Gasteiger partial charge in [-0.05, 0) is 12.8 Å². The predicted octanol–water partition coefficient (Wildman–Crippen LogP) is 4.16. The summed E-state index contributed by atoms with van der Waals surface area (Å²) in [6.07, 6.45) is -11.8. The zero-order valence-corrected chi connectivity index (χ0v) is 11.4. The number of fused-ring (bicyclic) bond motifs is 2. The van der Waals surface area contributed by atoms with E-state index < -0.39 is 46.9 Å². The quantitative estimate of drug-likeness (QED) is 0.434. The minimum atomic E-state index is -5.08. The van der Waals surface area contributed by atoms with Gasteiger partial charge in [0.15, 0.2) is 0 Å². The highest BCUT2D eigenvalue weighted by Gasteiger charge is 2.66. The molecule has 3 unspecified atom stereocenters. The Morgan fingerprint density at radius 3 is 2.19 bits per heavy atom. The van der Waals surface area contributed by atoms with E-state index in [9.17, 15) is 31.1 Å². The van der Waals surface area contributed by atoms with Crippen molar-refractivity contribution < 1.29 is 35.9 Å². The molecular weight excluding hydrogens is 302 g/mol. The van der Waals surface area contributed by atoms with Crippen LogP contribution in [0.2, 0.25) is 0 Å². The van der Waals surface area contributed by atoms with Crippen LogP contribution in [-0.2, 0) is 9.53 Å². The van der Waals surface area contributed by atoms with Crippen molar-refractivity contribution >= 4 is 5.97 Å². The van der Waals surface area contributed by atoms with E-state index in [1.54, 1.807) is 0 Å². The first-order chi connectivity index (χ1) is 9.40. The van der Waals surface area contributed by atoms with E-state index in [1.165, 1.54) is 6.92 Å². The number of esters is 1. The number of ether oxygens (including phenoxy) is 1. The van der Waals surface area contributed by atoms with Crippen LogP contribution >= 0.6 is 0 Å². The van der Waals surface area contributed by atoms with Crippen molar-refractivity contribution in [1.82, 2.24) is 0 Å². The van der Waals surface area contributed by atoms with Crippen LogP contribution in [0.4, 0.5) is 26.3 Å². The van der Waals surface area contributed by atoms with Gasteiger partial charge in [-0.3, -0.25) is 4.79 Å². The number of allylic oxidation sites excluding steroid dienone is 1. The third kappa shape index (κ3) is 2.64. The zero-order chi connectivity index (χ0) is 16.2. The van der Waals surface area contributed by atoms with E-state index in [-0.39, 0.29) is 19.3 Å². The average Bonchev–Trinajstić information content (AvgIpc) is 2.76. The SMILES string of the molecule is CCC(=O)OC1CC2(C)CC1C(C(F)(F)F)=C2C(F)(F)F. The third-order valence-electron chi connectivity index (χ3n) is 4.17. The molecule has 2 rings (SSSR count). The lowest BCUT2D eigenvalue weighted by Crippen LogP contribution is -2.37. The summed E-state index contributed by atoms with van der Waals surface area (Å²) in [5, 5.41) is 0. The maximum Gasteiger partial charge on any atom is 0.413 e. The second kappa shape index (κ2) is 4.64. The second-order valence-electron chi connectivity index (χ2n) is 5.74. The summed E-state index contributed by atoms with van der Waals surface area (Å²) >= 11 is 0. The van der Waals surface area contributed by atoms with E-state index in [2.05, 4.69) is 0 Å².